The average molecular weight is 427 g/mol. The van der Waals surface area contributed by atoms with Gasteiger partial charge >= 0.3 is 0 Å². The fourth-order valence-electron chi connectivity index (χ4n) is 2.86. The first-order valence-electron chi connectivity index (χ1n) is 8.84. The van der Waals surface area contributed by atoms with Crippen LogP contribution in [0.1, 0.15) is 19.3 Å². The maximum atomic E-state index is 13.2. The average Bonchev–Trinajstić information content (AvgIpc) is 3.20. The van der Waals surface area contributed by atoms with Crippen LogP contribution >= 0.6 is 11.8 Å². The zero-order chi connectivity index (χ0) is 20.1. The molecule has 0 radical (unpaired) electrons. The minimum Gasteiger partial charge on any atom is -0.326 e. The fourth-order valence-corrected chi connectivity index (χ4v) is 5.30. The highest BCUT2D eigenvalue weighted by Crippen LogP contribution is 2.24. The van der Waals surface area contributed by atoms with E-state index in [1.165, 1.54) is 34.3 Å². The molecular formula is C19H20F2N2O3S2. The van der Waals surface area contributed by atoms with Crippen LogP contribution in [0.4, 0.5) is 14.5 Å². The van der Waals surface area contributed by atoms with Crippen molar-refractivity contribution in [2.45, 2.75) is 29.1 Å². The van der Waals surface area contributed by atoms with E-state index in [1.54, 1.807) is 12.1 Å². The van der Waals surface area contributed by atoms with Crippen LogP contribution in [0.3, 0.4) is 0 Å². The lowest BCUT2D eigenvalue weighted by Crippen LogP contribution is -2.27. The first-order valence-corrected chi connectivity index (χ1v) is 11.3. The topological polar surface area (TPSA) is 66.5 Å². The molecule has 0 saturated carbocycles. The number of amides is 1. The van der Waals surface area contributed by atoms with Gasteiger partial charge in [-0.1, -0.05) is 6.07 Å². The van der Waals surface area contributed by atoms with E-state index in [-0.39, 0.29) is 17.2 Å². The molecular weight excluding hydrogens is 406 g/mol. The first-order chi connectivity index (χ1) is 13.4. The summed E-state index contributed by atoms with van der Waals surface area (Å²) in [6, 6.07) is 9.77. The smallest absolute Gasteiger partial charge is 0.243 e. The van der Waals surface area contributed by atoms with Gasteiger partial charge in [-0.2, -0.15) is 4.31 Å². The van der Waals surface area contributed by atoms with Crippen molar-refractivity contribution in [3.05, 3.63) is 54.1 Å². The lowest BCUT2D eigenvalue weighted by Gasteiger charge is -2.16. The fraction of sp³-hybridized carbons (Fsp3) is 0.316. The summed E-state index contributed by atoms with van der Waals surface area (Å²) in [5.74, 6) is -1.75. The van der Waals surface area contributed by atoms with Crippen LogP contribution in [-0.2, 0) is 14.8 Å². The van der Waals surface area contributed by atoms with Crippen molar-refractivity contribution < 1.29 is 22.0 Å². The highest BCUT2D eigenvalue weighted by molar-refractivity contribution is 7.99. The molecule has 1 aliphatic heterocycles. The lowest BCUT2D eigenvalue weighted by molar-refractivity contribution is -0.115. The first kappa shape index (κ1) is 20.8. The van der Waals surface area contributed by atoms with Crippen LogP contribution in [-0.4, -0.2) is 37.5 Å². The Bertz CT molecular complexity index is 961. The zero-order valence-corrected chi connectivity index (χ0v) is 16.7. The van der Waals surface area contributed by atoms with Crippen LogP contribution in [0.25, 0.3) is 0 Å². The summed E-state index contributed by atoms with van der Waals surface area (Å²) in [7, 11) is -3.55. The number of benzene rings is 2. The summed E-state index contributed by atoms with van der Waals surface area (Å²) in [6.07, 6.45) is 1.85. The quantitative estimate of drug-likeness (QED) is 0.683. The summed E-state index contributed by atoms with van der Waals surface area (Å²) in [5, 5.41) is 2.68. The molecule has 0 spiro atoms. The second-order valence-corrected chi connectivity index (χ2v) is 9.47. The Hall–Kier alpha value is -1.97. The number of sulfonamides is 1. The Morgan fingerprint density at radius 2 is 1.82 bits per heavy atom. The highest BCUT2D eigenvalue weighted by Gasteiger charge is 2.27. The molecule has 0 aromatic heterocycles. The molecule has 150 valence electrons. The van der Waals surface area contributed by atoms with Crippen molar-refractivity contribution in [2.24, 2.45) is 0 Å². The molecule has 28 heavy (non-hydrogen) atoms. The summed E-state index contributed by atoms with van der Waals surface area (Å²) in [4.78, 5) is 12.8. The third-order valence-electron chi connectivity index (χ3n) is 4.31. The number of thioether (sulfide) groups is 1. The SMILES string of the molecule is O=C(CCSc1ccc(F)c(F)c1)Nc1cccc(S(=O)(=O)N2CCCC2)c1. The lowest BCUT2D eigenvalue weighted by atomic mass is 10.3. The van der Waals surface area contributed by atoms with Crippen LogP contribution in [0, 0.1) is 11.6 Å². The molecule has 9 heteroatoms. The predicted molar refractivity (Wildman–Crippen MR) is 105 cm³/mol. The van der Waals surface area contributed by atoms with Gasteiger partial charge < -0.3 is 5.32 Å². The Kier molecular flexibility index (Phi) is 6.69. The summed E-state index contributed by atoms with van der Waals surface area (Å²) < 4.78 is 52.8. The van der Waals surface area contributed by atoms with E-state index in [1.807, 2.05) is 0 Å². The van der Waals surface area contributed by atoms with Gasteiger partial charge in [0.25, 0.3) is 0 Å². The second-order valence-electron chi connectivity index (χ2n) is 6.36. The minimum absolute atomic E-state index is 0.146. The number of hydrogen-bond acceptors (Lipinski definition) is 4. The van der Waals surface area contributed by atoms with Crippen molar-refractivity contribution in [3.63, 3.8) is 0 Å². The van der Waals surface area contributed by atoms with Crippen molar-refractivity contribution in [1.29, 1.82) is 0 Å². The van der Waals surface area contributed by atoms with Crippen molar-refractivity contribution >= 4 is 33.4 Å². The largest absolute Gasteiger partial charge is 0.326 e. The van der Waals surface area contributed by atoms with Gasteiger partial charge in [-0.25, -0.2) is 17.2 Å². The molecule has 0 bridgehead atoms. The van der Waals surface area contributed by atoms with E-state index in [0.29, 0.717) is 29.4 Å². The number of carbonyl (C=O) groups excluding carboxylic acids is 1. The number of anilines is 1. The summed E-state index contributed by atoms with van der Waals surface area (Å²) >= 11 is 1.24. The van der Waals surface area contributed by atoms with Crippen LogP contribution in [0.5, 0.6) is 0 Å². The van der Waals surface area contributed by atoms with E-state index in [4.69, 9.17) is 0 Å². The Labute approximate surface area is 167 Å². The van der Waals surface area contributed by atoms with Gasteiger partial charge in [-0.05, 0) is 49.2 Å². The van der Waals surface area contributed by atoms with E-state index >= 15 is 0 Å². The second kappa shape index (κ2) is 9.02. The maximum Gasteiger partial charge on any atom is 0.243 e. The van der Waals surface area contributed by atoms with Gasteiger partial charge in [-0.15, -0.1) is 11.8 Å². The molecule has 2 aromatic rings. The number of rotatable bonds is 7. The van der Waals surface area contributed by atoms with E-state index in [9.17, 15) is 22.0 Å². The number of carbonyl (C=O) groups is 1. The molecule has 1 fully saturated rings. The maximum absolute atomic E-state index is 13.2. The number of nitrogens with one attached hydrogen (secondary N) is 1. The Balaban J connectivity index is 1.56. The predicted octanol–water partition coefficient (Wildman–Crippen LogP) is 3.87. The molecule has 3 rings (SSSR count). The minimum atomic E-state index is -3.55. The van der Waals surface area contributed by atoms with E-state index in [2.05, 4.69) is 5.32 Å². The van der Waals surface area contributed by atoms with Gasteiger partial charge in [-0.3, -0.25) is 4.79 Å². The Morgan fingerprint density at radius 1 is 1.07 bits per heavy atom. The number of halogens is 2. The third kappa shape index (κ3) is 5.09. The van der Waals surface area contributed by atoms with Crippen LogP contribution < -0.4 is 5.32 Å². The van der Waals surface area contributed by atoms with Gasteiger partial charge in [0, 0.05) is 35.8 Å². The monoisotopic (exact) mass is 426 g/mol. The van der Waals surface area contributed by atoms with Gasteiger partial charge in [0.2, 0.25) is 15.9 Å². The Morgan fingerprint density at radius 3 is 2.54 bits per heavy atom. The zero-order valence-electron chi connectivity index (χ0n) is 15.0. The summed E-state index contributed by atoms with van der Waals surface area (Å²) in [5.41, 5.74) is 0.406. The van der Waals surface area contributed by atoms with Gasteiger partial charge in [0.05, 0.1) is 4.90 Å². The number of nitrogens with zero attached hydrogens (tertiary/aromatic N) is 1. The molecule has 1 N–H and O–H groups in total. The van der Waals surface area contributed by atoms with E-state index in [0.717, 1.165) is 25.0 Å². The van der Waals surface area contributed by atoms with Gasteiger partial charge in [0.15, 0.2) is 11.6 Å². The molecule has 0 aliphatic carbocycles. The van der Waals surface area contributed by atoms with Crippen molar-refractivity contribution in [3.8, 4) is 0 Å². The standard InChI is InChI=1S/C19H20F2N2O3S2/c20-17-7-6-15(13-18(17)21)27-11-8-19(24)22-14-4-3-5-16(12-14)28(25,26)23-9-1-2-10-23/h3-7,12-13H,1-2,8-11H2,(H,22,24). The van der Waals surface area contributed by atoms with Crippen LogP contribution in [0.2, 0.25) is 0 Å². The molecule has 2 aromatic carbocycles. The van der Waals surface area contributed by atoms with E-state index < -0.39 is 21.7 Å². The molecule has 1 amide bonds. The highest BCUT2D eigenvalue weighted by atomic mass is 32.2. The molecule has 5 nitrogen and oxygen atoms in total. The molecule has 0 unspecified atom stereocenters. The summed E-state index contributed by atoms with van der Waals surface area (Å²) in [6.45, 7) is 1.03. The third-order valence-corrected chi connectivity index (χ3v) is 7.20. The molecule has 1 aliphatic rings. The molecule has 0 atom stereocenters. The molecule has 1 heterocycles. The van der Waals surface area contributed by atoms with Crippen molar-refractivity contribution in [2.75, 3.05) is 24.2 Å². The van der Waals surface area contributed by atoms with Crippen molar-refractivity contribution in [1.82, 2.24) is 4.31 Å². The van der Waals surface area contributed by atoms with Crippen LogP contribution in [0.15, 0.2) is 52.3 Å². The normalized spacial score (nSPS) is 14.9. The number of hydrogen-bond donors (Lipinski definition) is 1. The molecule has 1 saturated heterocycles. The van der Waals surface area contributed by atoms with Gasteiger partial charge in [0.1, 0.15) is 0 Å².